The Labute approximate surface area is 178 Å². The van der Waals surface area contributed by atoms with E-state index in [1.807, 2.05) is 32.0 Å². The van der Waals surface area contributed by atoms with Gasteiger partial charge in [-0.3, -0.25) is 4.79 Å². The van der Waals surface area contributed by atoms with E-state index in [4.69, 9.17) is 9.84 Å². The van der Waals surface area contributed by atoms with Crippen molar-refractivity contribution in [1.82, 2.24) is 9.97 Å². The molecular formula is C21H19N3O6S. The van der Waals surface area contributed by atoms with E-state index in [-0.39, 0.29) is 28.9 Å². The maximum atomic E-state index is 12.8. The van der Waals surface area contributed by atoms with Crippen LogP contribution < -0.4 is 9.46 Å². The molecule has 10 heteroatoms. The lowest BCUT2D eigenvalue weighted by atomic mass is 10.00. The Bertz CT molecular complexity index is 1240. The van der Waals surface area contributed by atoms with Gasteiger partial charge in [0, 0.05) is 11.6 Å². The number of hydrogen-bond acceptors (Lipinski definition) is 7. The van der Waals surface area contributed by atoms with E-state index in [9.17, 15) is 18.0 Å². The van der Waals surface area contributed by atoms with E-state index >= 15 is 0 Å². The van der Waals surface area contributed by atoms with E-state index in [1.165, 1.54) is 24.3 Å². The predicted octanol–water partition coefficient (Wildman–Crippen LogP) is 2.84. The number of aryl methyl sites for hydroxylation is 2. The smallest absolute Gasteiger partial charge is 0.335 e. The second kappa shape index (κ2) is 8.92. The Morgan fingerprint density at radius 1 is 1.10 bits per heavy atom. The first-order valence-corrected chi connectivity index (χ1v) is 10.6. The average Bonchev–Trinajstić information content (AvgIpc) is 2.72. The van der Waals surface area contributed by atoms with Gasteiger partial charge in [0.15, 0.2) is 6.29 Å². The first-order chi connectivity index (χ1) is 14.7. The van der Waals surface area contributed by atoms with Crippen LogP contribution in [0.3, 0.4) is 0 Å². The Morgan fingerprint density at radius 2 is 1.77 bits per heavy atom. The Kier molecular flexibility index (Phi) is 6.30. The van der Waals surface area contributed by atoms with Gasteiger partial charge < -0.3 is 9.84 Å². The number of ether oxygens (including phenoxy) is 1. The number of nitrogens with one attached hydrogen (secondary N) is 1. The Balaban J connectivity index is 2.07. The molecule has 0 amide bonds. The molecule has 0 unspecified atom stereocenters. The fourth-order valence-corrected chi connectivity index (χ4v) is 3.98. The number of carboxylic acid groups (broad SMARTS) is 1. The van der Waals surface area contributed by atoms with Crippen LogP contribution >= 0.6 is 0 Å². The molecule has 3 aromatic rings. The highest BCUT2D eigenvalue weighted by atomic mass is 32.2. The number of hydrogen-bond donors (Lipinski definition) is 2. The summed E-state index contributed by atoms with van der Waals surface area (Å²) in [5.74, 6) is -1.52. The molecule has 9 nitrogen and oxygen atoms in total. The number of aromatic carboxylic acids is 1. The fraction of sp³-hybridized carbons (Fsp3) is 0.143. The summed E-state index contributed by atoms with van der Waals surface area (Å²) in [6, 6.07) is 12.1. The van der Waals surface area contributed by atoms with Gasteiger partial charge in [-0.2, -0.15) is 4.98 Å². The van der Waals surface area contributed by atoms with Gasteiger partial charge in [-0.05, 0) is 43.2 Å². The van der Waals surface area contributed by atoms with Crippen molar-refractivity contribution >= 4 is 28.2 Å². The molecule has 0 aliphatic heterocycles. The van der Waals surface area contributed by atoms with Crippen LogP contribution in [-0.2, 0) is 14.8 Å². The number of carboxylic acids is 1. The molecule has 0 aliphatic rings. The molecule has 31 heavy (non-hydrogen) atoms. The normalized spacial score (nSPS) is 11.0. The highest BCUT2D eigenvalue weighted by Crippen LogP contribution is 2.29. The molecule has 0 spiro atoms. The van der Waals surface area contributed by atoms with Crippen molar-refractivity contribution in [2.24, 2.45) is 0 Å². The highest BCUT2D eigenvalue weighted by molar-refractivity contribution is 7.92. The van der Waals surface area contributed by atoms with Gasteiger partial charge >= 0.3 is 5.97 Å². The molecule has 1 aromatic heterocycles. The summed E-state index contributed by atoms with van der Waals surface area (Å²) >= 11 is 0. The standard InChI is InChI=1S/C21H19N3O6S/c1-13-5-3-6-14(2)19(13)17-12-18(30-10-9-25)23-21(22-17)24-31(28,29)16-8-4-7-15(11-16)20(26)27/h3-9,11-12H,10H2,1-2H3,(H,26,27)(H,22,23,24). The maximum absolute atomic E-state index is 12.8. The summed E-state index contributed by atoms with van der Waals surface area (Å²) < 4.78 is 33.1. The van der Waals surface area contributed by atoms with Gasteiger partial charge in [0.1, 0.15) is 6.61 Å². The summed E-state index contributed by atoms with van der Waals surface area (Å²) in [6.07, 6.45) is 0.544. The first kappa shape index (κ1) is 21.9. The number of nitrogens with zero attached hydrogens (tertiary/aromatic N) is 2. The zero-order valence-electron chi connectivity index (χ0n) is 16.7. The molecule has 0 saturated heterocycles. The van der Waals surface area contributed by atoms with Crippen molar-refractivity contribution in [2.45, 2.75) is 18.7 Å². The average molecular weight is 441 g/mol. The van der Waals surface area contributed by atoms with Crippen LogP contribution in [0.1, 0.15) is 21.5 Å². The molecule has 1 heterocycles. The molecule has 0 bridgehead atoms. The highest BCUT2D eigenvalue weighted by Gasteiger charge is 2.20. The van der Waals surface area contributed by atoms with Crippen LogP contribution in [0.4, 0.5) is 5.95 Å². The van der Waals surface area contributed by atoms with Gasteiger partial charge in [0.05, 0.1) is 16.2 Å². The Hall–Kier alpha value is -3.79. The molecular weight excluding hydrogens is 422 g/mol. The zero-order valence-corrected chi connectivity index (χ0v) is 17.5. The number of carbonyl (C=O) groups is 2. The quantitative estimate of drug-likeness (QED) is 0.509. The van der Waals surface area contributed by atoms with Crippen molar-refractivity contribution in [2.75, 3.05) is 11.3 Å². The van der Waals surface area contributed by atoms with Crippen LogP contribution in [0.25, 0.3) is 11.3 Å². The molecule has 0 atom stereocenters. The van der Waals surface area contributed by atoms with Gasteiger partial charge in [-0.25, -0.2) is 22.9 Å². The topological polar surface area (TPSA) is 136 Å². The predicted molar refractivity (Wildman–Crippen MR) is 113 cm³/mol. The van der Waals surface area contributed by atoms with Crippen LogP contribution in [-0.4, -0.2) is 42.4 Å². The number of sulfonamides is 1. The Morgan fingerprint density at radius 3 is 2.42 bits per heavy atom. The third kappa shape index (κ3) is 5.04. The summed E-state index contributed by atoms with van der Waals surface area (Å²) in [7, 11) is -4.19. The summed E-state index contributed by atoms with van der Waals surface area (Å²) in [6.45, 7) is 3.51. The summed E-state index contributed by atoms with van der Waals surface area (Å²) in [5.41, 5.74) is 2.81. The van der Waals surface area contributed by atoms with Gasteiger partial charge in [0.2, 0.25) is 11.8 Å². The lowest BCUT2D eigenvalue weighted by Gasteiger charge is -2.13. The van der Waals surface area contributed by atoms with E-state index in [1.54, 1.807) is 0 Å². The minimum Gasteiger partial charge on any atom is -0.478 e. The van der Waals surface area contributed by atoms with Crippen molar-refractivity contribution in [1.29, 1.82) is 0 Å². The maximum Gasteiger partial charge on any atom is 0.335 e. The first-order valence-electron chi connectivity index (χ1n) is 9.09. The monoisotopic (exact) mass is 441 g/mol. The molecule has 2 N–H and O–H groups in total. The molecule has 0 radical (unpaired) electrons. The number of rotatable bonds is 8. The van der Waals surface area contributed by atoms with Crippen LogP contribution in [0.15, 0.2) is 53.4 Å². The SMILES string of the molecule is Cc1cccc(C)c1-c1cc(OCC=O)nc(NS(=O)(=O)c2cccc(C(=O)O)c2)n1. The van der Waals surface area contributed by atoms with Crippen molar-refractivity contribution in [3.63, 3.8) is 0 Å². The third-order valence-electron chi connectivity index (χ3n) is 4.36. The third-order valence-corrected chi connectivity index (χ3v) is 5.68. The van der Waals surface area contributed by atoms with Crippen LogP contribution in [0, 0.1) is 13.8 Å². The van der Waals surface area contributed by atoms with Crippen LogP contribution in [0.2, 0.25) is 0 Å². The van der Waals surface area contributed by atoms with Gasteiger partial charge in [-0.15, -0.1) is 0 Å². The molecule has 2 aromatic carbocycles. The minimum atomic E-state index is -4.19. The fourth-order valence-electron chi connectivity index (χ4n) is 2.99. The van der Waals surface area contributed by atoms with Crippen LogP contribution in [0.5, 0.6) is 5.88 Å². The van der Waals surface area contributed by atoms with Crippen molar-refractivity contribution in [3.8, 4) is 17.1 Å². The molecule has 3 rings (SSSR count). The van der Waals surface area contributed by atoms with E-state index in [2.05, 4.69) is 14.7 Å². The van der Waals surface area contributed by atoms with Crippen molar-refractivity contribution in [3.05, 3.63) is 65.2 Å². The second-order valence-corrected chi connectivity index (χ2v) is 8.28. The number of aromatic nitrogens is 2. The lowest BCUT2D eigenvalue weighted by Crippen LogP contribution is -2.16. The van der Waals surface area contributed by atoms with E-state index < -0.39 is 16.0 Å². The van der Waals surface area contributed by atoms with E-state index in [0.29, 0.717) is 12.0 Å². The largest absolute Gasteiger partial charge is 0.478 e. The minimum absolute atomic E-state index is 0.0109. The zero-order chi connectivity index (χ0) is 22.6. The molecule has 0 fully saturated rings. The number of anilines is 1. The summed E-state index contributed by atoms with van der Waals surface area (Å²) in [5, 5.41) is 9.11. The number of benzene rings is 2. The van der Waals surface area contributed by atoms with E-state index in [0.717, 1.165) is 22.8 Å². The molecule has 0 aliphatic carbocycles. The summed E-state index contributed by atoms with van der Waals surface area (Å²) in [4.78, 5) is 29.9. The second-order valence-electron chi connectivity index (χ2n) is 6.60. The number of aldehydes is 1. The van der Waals surface area contributed by atoms with Gasteiger partial charge in [-0.1, -0.05) is 24.3 Å². The van der Waals surface area contributed by atoms with Gasteiger partial charge in [0.25, 0.3) is 10.0 Å². The lowest BCUT2D eigenvalue weighted by molar-refractivity contribution is -0.109. The van der Waals surface area contributed by atoms with Crippen molar-refractivity contribution < 1.29 is 27.9 Å². The number of carbonyl (C=O) groups excluding carboxylic acids is 1. The molecule has 0 saturated carbocycles. The molecule has 160 valence electrons.